The van der Waals surface area contributed by atoms with Crippen LogP contribution in [0.3, 0.4) is 0 Å². The summed E-state index contributed by atoms with van der Waals surface area (Å²) in [6.07, 6.45) is 0. The zero-order chi connectivity index (χ0) is 23.2. The average molecular weight is 446 g/mol. The van der Waals surface area contributed by atoms with Gasteiger partial charge < -0.3 is 28.8 Å². The third-order valence-corrected chi connectivity index (χ3v) is 4.82. The van der Waals surface area contributed by atoms with Crippen molar-refractivity contribution >= 4 is 11.6 Å². The summed E-state index contributed by atoms with van der Waals surface area (Å²) in [6.45, 7) is 0. The number of aromatic nitrogens is 1. The highest BCUT2D eigenvalue weighted by molar-refractivity contribution is 6.03. The summed E-state index contributed by atoms with van der Waals surface area (Å²) in [5.74, 6) is 3.01. The molecule has 8 nitrogen and oxygen atoms in total. The van der Waals surface area contributed by atoms with E-state index in [2.05, 4.69) is 10.5 Å². The minimum Gasteiger partial charge on any atom is -0.497 e. The lowest BCUT2D eigenvalue weighted by Gasteiger charge is -2.10. The van der Waals surface area contributed by atoms with E-state index in [9.17, 15) is 4.79 Å². The Hall–Kier alpha value is -4.46. The normalized spacial score (nSPS) is 10.4. The van der Waals surface area contributed by atoms with Crippen molar-refractivity contribution in [1.29, 1.82) is 0 Å². The molecular formula is C25H22N2O6. The van der Waals surface area contributed by atoms with Gasteiger partial charge in [-0.15, -0.1) is 0 Å². The molecule has 1 amide bonds. The molecule has 1 aromatic heterocycles. The molecule has 0 radical (unpaired) electrons. The minimum absolute atomic E-state index is 0.129. The predicted octanol–water partition coefficient (Wildman–Crippen LogP) is 5.41. The molecule has 0 aliphatic carbocycles. The fourth-order valence-corrected chi connectivity index (χ4v) is 3.15. The van der Waals surface area contributed by atoms with Crippen LogP contribution < -0.4 is 24.3 Å². The van der Waals surface area contributed by atoms with Crippen molar-refractivity contribution in [2.75, 3.05) is 26.6 Å². The fourth-order valence-electron chi connectivity index (χ4n) is 3.15. The molecule has 0 aliphatic rings. The molecule has 0 saturated heterocycles. The summed E-state index contributed by atoms with van der Waals surface area (Å²) in [6, 6.07) is 21.1. The van der Waals surface area contributed by atoms with Gasteiger partial charge in [0.2, 0.25) is 0 Å². The van der Waals surface area contributed by atoms with E-state index < -0.39 is 5.91 Å². The number of benzene rings is 3. The van der Waals surface area contributed by atoms with Crippen molar-refractivity contribution in [3.63, 3.8) is 0 Å². The Balaban J connectivity index is 1.46. The van der Waals surface area contributed by atoms with Gasteiger partial charge in [0.15, 0.2) is 23.0 Å². The summed E-state index contributed by atoms with van der Waals surface area (Å²) in [7, 11) is 4.70. The van der Waals surface area contributed by atoms with Crippen LogP contribution in [0.15, 0.2) is 77.3 Å². The molecule has 3 aromatic carbocycles. The number of anilines is 1. The Kier molecular flexibility index (Phi) is 6.45. The molecule has 33 heavy (non-hydrogen) atoms. The number of hydrogen-bond donors (Lipinski definition) is 1. The summed E-state index contributed by atoms with van der Waals surface area (Å²) in [5.41, 5.74) is 1.33. The third kappa shape index (κ3) is 4.90. The topological polar surface area (TPSA) is 92.1 Å². The summed E-state index contributed by atoms with van der Waals surface area (Å²) < 4.78 is 27.1. The van der Waals surface area contributed by atoms with E-state index in [1.165, 1.54) is 0 Å². The lowest BCUT2D eigenvalue weighted by atomic mass is 10.1. The standard InChI is InChI=1S/C25H22N2O6/c1-29-18-12-13-21(30-2)19(14-18)24-15-20(27-33-24)25(28)26-16-8-10-17(11-9-16)32-23-7-5-4-6-22(23)31-3/h4-15H,1-3H3,(H,26,28). The Morgan fingerprint density at radius 1 is 0.788 bits per heavy atom. The number of carbonyl (C=O) groups is 1. The van der Waals surface area contributed by atoms with Crippen LogP contribution in [0.2, 0.25) is 0 Å². The average Bonchev–Trinajstić information content (AvgIpc) is 3.35. The van der Waals surface area contributed by atoms with E-state index in [-0.39, 0.29) is 5.69 Å². The third-order valence-electron chi connectivity index (χ3n) is 4.82. The first-order chi connectivity index (χ1) is 16.1. The maximum Gasteiger partial charge on any atom is 0.277 e. The summed E-state index contributed by atoms with van der Waals surface area (Å²) in [4.78, 5) is 12.7. The van der Waals surface area contributed by atoms with Crippen LogP contribution in [0.1, 0.15) is 10.5 Å². The van der Waals surface area contributed by atoms with Crippen LogP contribution in [-0.4, -0.2) is 32.4 Å². The molecule has 1 N–H and O–H groups in total. The summed E-state index contributed by atoms with van der Waals surface area (Å²) in [5, 5.41) is 6.68. The zero-order valence-electron chi connectivity index (χ0n) is 18.3. The highest BCUT2D eigenvalue weighted by Gasteiger charge is 2.17. The van der Waals surface area contributed by atoms with E-state index in [1.54, 1.807) is 69.9 Å². The molecule has 0 aliphatic heterocycles. The smallest absolute Gasteiger partial charge is 0.277 e. The molecule has 0 atom stereocenters. The van der Waals surface area contributed by atoms with Gasteiger partial charge in [-0.3, -0.25) is 4.79 Å². The molecule has 0 spiro atoms. The van der Waals surface area contributed by atoms with E-state index in [4.69, 9.17) is 23.5 Å². The van der Waals surface area contributed by atoms with Crippen LogP contribution in [0, 0.1) is 0 Å². The first-order valence-electron chi connectivity index (χ1n) is 10.0. The molecule has 0 unspecified atom stereocenters. The van der Waals surface area contributed by atoms with Gasteiger partial charge in [-0.05, 0) is 54.6 Å². The Labute approximate surface area is 190 Å². The SMILES string of the molecule is COc1ccc(OC)c(-c2cc(C(=O)Nc3ccc(Oc4ccccc4OC)cc3)no2)c1. The lowest BCUT2D eigenvalue weighted by Crippen LogP contribution is -2.11. The number of rotatable bonds is 8. The molecule has 0 bridgehead atoms. The molecule has 8 heteroatoms. The van der Waals surface area contributed by atoms with E-state index in [0.29, 0.717) is 45.8 Å². The lowest BCUT2D eigenvalue weighted by molar-refractivity contribution is 0.101. The maximum atomic E-state index is 12.7. The van der Waals surface area contributed by atoms with Gasteiger partial charge in [-0.1, -0.05) is 17.3 Å². The summed E-state index contributed by atoms with van der Waals surface area (Å²) >= 11 is 0. The van der Waals surface area contributed by atoms with Crippen molar-refractivity contribution < 1.29 is 28.3 Å². The van der Waals surface area contributed by atoms with Gasteiger partial charge >= 0.3 is 0 Å². The van der Waals surface area contributed by atoms with Gasteiger partial charge in [0.1, 0.15) is 17.2 Å². The second kappa shape index (κ2) is 9.78. The Bertz CT molecular complexity index is 1250. The largest absolute Gasteiger partial charge is 0.497 e. The Morgan fingerprint density at radius 3 is 2.18 bits per heavy atom. The first-order valence-corrected chi connectivity index (χ1v) is 10.0. The number of amides is 1. The zero-order valence-corrected chi connectivity index (χ0v) is 18.3. The maximum absolute atomic E-state index is 12.7. The van der Waals surface area contributed by atoms with Crippen molar-refractivity contribution in [1.82, 2.24) is 5.16 Å². The monoisotopic (exact) mass is 446 g/mol. The molecule has 4 rings (SSSR count). The molecule has 0 fully saturated rings. The Morgan fingerprint density at radius 2 is 1.48 bits per heavy atom. The van der Waals surface area contributed by atoms with Gasteiger partial charge in [0, 0.05) is 11.8 Å². The predicted molar refractivity (Wildman–Crippen MR) is 123 cm³/mol. The molecule has 168 valence electrons. The van der Waals surface area contributed by atoms with Crippen LogP contribution in [0.5, 0.6) is 28.7 Å². The van der Waals surface area contributed by atoms with Crippen LogP contribution in [-0.2, 0) is 0 Å². The molecule has 0 saturated carbocycles. The molecule has 4 aromatic rings. The number of ether oxygens (including phenoxy) is 4. The van der Waals surface area contributed by atoms with E-state index in [1.807, 2.05) is 24.3 Å². The van der Waals surface area contributed by atoms with Gasteiger partial charge in [-0.25, -0.2) is 0 Å². The van der Waals surface area contributed by atoms with Gasteiger partial charge in [0.05, 0.1) is 26.9 Å². The van der Waals surface area contributed by atoms with Crippen molar-refractivity contribution in [3.05, 3.63) is 78.5 Å². The number of para-hydroxylation sites is 2. The van der Waals surface area contributed by atoms with Crippen LogP contribution in [0.4, 0.5) is 5.69 Å². The molecule has 1 heterocycles. The number of carbonyl (C=O) groups excluding carboxylic acids is 1. The number of hydrogen-bond acceptors (Lipinski definition) is 7. The van der Waals surface area contributed by atoms with E-state index in [0.717, 1.165) is 0 Å². The van der Waals surface area contributed by atoms with Crippen molar-refractivity contribution in [2.24, 2.45) is 0 Å². The number of nitrogens with one attached hydrogen (secondary N) is 1. The number of nitrogens with zero attached hydrogens (tertiary/aromatic N) is 1. The highest BCUT2D eigenvalue weighted by atomic mass is 16.5. The second-order valence-corrected chi connectivity index (χ2v) is 6.87. The van der Waals surface area contributed by atoms with Crippen LogP contribution in [0.25, 0.3) is 11.3 Å². The van der Waals surface area contributed by atoms with E-state index >= 15 is 0 Å². The second-order valence-electron chi connectivity index (χ2n) is 6.87. The quantitative estimate of drug-likeness (QED) is 0.387. The fraction of sp³-hybridized carbons (Fsp3) is 0.120. The van der Waals surface area contributed by atoms with Gasteiger partial charge in [0.25, 0.3) is 5.91 Å². The minimum atomic E-state index is -0.412. The van der Waals surface area contributed by atoms with Crippen molar-refractivity contribution in [2.45, 2.75) is 0 Å². The van der Waals surface area contributed by atoms with Gasteiger partial charge in [-0.2, -0.15) is 0 Å². The highest BCUT2D eigenvalue weighted by Crippen LogP contribution is 2.34. The first kappa shape index (κ1) is 21.8. The molecular weight excluding hydrogens is 424 g/mol. The van der Waals surface area contributed by atoms with Crippen molar-refractivity contribution in [3.8, 4) is 40.1 Å². The number of methoxy groups -OCH3 is 3. The van der Waals surface area contributed by atoms with Crippen LogP contribution >= 0.6 is 0 Å².